The molecule has 8 nitrogen and oxygen atoms in total. The highest BCUT2D eigenvalue weighted by molar-refractivity contribution is 5.79. The van der Waals surface area contributed by atoms with Crippen LogP contribution in [0.3, 0.4) is 0 Å². The van der Waals surface area contributed by atoms with Gasteiger partial charge < -0.3 is 14.0 Å². The van der Waals surface area contributed by atoms with Crippen molar-refractivity contribution in [3.8, 4) is 34.3 Å². The molecule has 0 amide bonds. The fraction of sp³-hybridized carbons (Fsp3) is 0.200. The van der Waals surface area contributed by atoms with Crippen LogP contribution in [0.5, 0.6) is 11.5 Å². The first-order chi connectivity index (χ1) is 17.3. The highest BCUT2D eigenvalue weighted by Crippen LogP contribution is 2.36. The van der Waals surface area contributed by atoms with Gasteiger partial charge in [-0.2, -0.15) is 18.3 Å². The van der Waals surface area contributed by atoms with E-state index in [1.165, 1.54) is 11.6 Å². The molecule has 2 aromatic carbocycles. The highest BCUT2D eigenvalue weighted by atomic mass is 19.4. The third-order valence-electron chi connectivity index (χ3n) is 5.74. The van der Waals surface area contributed by atoms with Gasteiger partial charge in [-0.1, -0.05) is 30.3 Å². The van der Waals surface area contributed by atoms with Gasteiger partial charge in [0.2, 0.25) is 0 Å². The van der Waals surface area contributed by atoms with Crippen LogP contribution in [0.15, 0.2) is 61.1 Å². The van der Waals surface area contributed by atoms with Crippen LogP contribution < -0.4 is 9.47 Å². The van der Waals surface area contributed by atoms with Crippen molar-refractivity contribution < 1.29 is 22.6 Å². The zero-order chi connectivity index (χ0) is 25.4. The van der Waals surface area contributed by atoms with Crippen LogP contribution in [0.4, 0.5) is 13.2 Å². The number of halogens is 3. The molecule has 11 heteroatoms. The predicted octanol–water partition coefficient (Wildman–Crippen LogP) is 4.98. The van der Waals surface area contributed by atoms with Gasteiger partial charge in [-0.15, -0.1) is 0 Å². The summed E-state index contributed by atoms with van der Waals surface area (Å²) < 4.78 is 53.1. The van der Waals surface area contributed by atoms with Gasteiger partial charge in [-0.25, -0.2) is 19.6 Å². The van der Waals surface area contributed by atoms with E-state index in [4.69, 9.17) is 14.5 Å². The van der Waals surface area contributed by atoms with Gasteiger partial charge in [0.25, 0.3) is 0 Å². The van der Waals surface area contributed by atoms with E-state index >= 15 is 0 Å². The fourth-order valence-corrected chi connectivity index (χ4v) is 3.98. The number of alkyl halides is 3. The molecule has 0 radical (unpaired) electrons. The van der Waals surface area contributed by atoms with Gasteiger partial charge in [-0.3, -0.25) is 0 Å². The minimum atomic E-state index is -4.49. The molecule has 5 aromatic rings. The first-order valence-electron chi connectivity index (χ1n) is 10.9. The number of methoxy groups -OCH3 is 2. The Bertz CT molecular complexity index is 1520. The molecule has 0 bridgehead atoms. The second kappa shape index (κ2) is 8.99. The fourth-order valence-electron chi connectivity index (χ4n) is 3.98. The molecule has 3 heterocycles. The maximum absolute atomic E-state index is 13.0. The number of hydrogen-bond acceptors (Lipinski definition) is 6. The summed E-state index contributed by atoms with van der Waals surface area (Å²) in [6, 6.07) is 12.6. The Kier molecular flexibility index (Phi) is 5.83. The van der Waals surface area contributed by atoms with Gasteiger partial charge in [0, 0.05) is 25.0 Å². The lowest BCUT2D eigenvalue weighted by atomic mass is 10.1. The van der Waals surface area contributed by atoms with Crippen LogP contribution in [0.1, 0.15) is 11.3 Å². The Morgan fingerprint density at radius 1 is 0.917 bits per heavy atom. The number of rotatable bonds is 6. The van der Waals surface area contributed by atoms with Crippen LogP contribution in [-0.2, 0) is 19.8 Å². The molecule has 0 aliphatic rings. The molecule has 3 aromatic heterocycles. The molecule has 5 rings (SSSR count). The Hall–Kier alpha value is -4.41. The lowest BCUT2D eigenvalue weighted by Gasteiger charge is -2.12. The lowest BCUT2D eigenvalue weighted by Crippen LogP contribution is -2.05. The average Bonchev–Trinajstić information content (AvgIpc) is 3.47. The average molecular weight is 494 g/mol. The highest BCUT2D eigenvalue weighted by Gasteiger charge is 2.34. The van der Waals surface area contributed by atoms with Gasteiger partial charge in [0.05, 0.1) is 32.3 Å². The summed E-state index contributed by atoms with van der Waals surface area (Å²) in [5.41, 5.74) is 1.80. The summed E-state index contributed by atoms with van der Waals surface area (Å²) in [5.74, 6) is 1.84. The van der Waals surface area contributed by atoms with Gasteiger partial charge in [-0.05, 0) is 17.7 Å². The lowest BCUT2D eigenvalue weighted by molar-refractivity contribution is -0.140. The van der Waals surface area contributed by atoms with E-state index in [1.54, 1.807) is 43.4 Å². The molecular weight excluding hydrogens is 473 g/mol. The Morgan fingerprint density at radius 3 is 2.22 bits per heavy atom. The quantitative estimate of drug-likeness (QED) is 0.331. The van der Waals surface area contributed by atoms with E-state index in [-0.39, 0.29) is 5.82 Å². The van der Waals surface area contributed by atoms with E-state index < -0.39 is 11.9 Å². The Balaban J connectivity index is 1.46. The van der Waals surface area contributed by atoms with Crippen molar-refractivity contribution in [1.29, 1.82) is 0 Å². The normalized spacial score (nSPS) is 11.7. The molecule has 0 unspecified atom stereocenters. The molecule has 36 heavy (non-hydrogen) atoms. The molecule has 0 aliphatic carbocycles. The van der Waals surface area contributed by atoms with E-state index in [1.807, 2.05) is 30.3 Å². The number of fused-ring (bicyclic) bond motifs is 1. The number of hydrogen-bond donors (Lipinski definition) is 0. The minimum Gasteiger partial charge on any atom is -0.496 e. The largest absolute Gasteiger partial charge is 0.496 e. The van der Waals surface area contributed by atoms with Gasteiger partial charge in [0.1, 0.15) is 22.9 Å². The molecule has 0 saturated carbocycles. The number of aryl methyl sites for hydroxylation is 1. The zero-order valence-corrected chi connectivity index (χ0v) is 19.6. The van der Waals surface area contributed by atoms with E-state index in [2.05, 4.69) is 15.1 Å². The molecular formula is C25H21F3N6O2. The standard InChI is InChI=1S/C25H21F3N6O2/c1-33-14-20(25(26,27)28)31-23(33)16-9-7-15(8-10-16)13-34-24-17(12-30-34)11-29-22(32-24)21-18(35-2)5-4-6-19(21)36-3/h4-12,14H,13H2,1-3H3. The zero-order valence-electron chi connectivity index (χ0n) is 19.6. The van der Waals surface area contributed by atoms with Crippen molar-refractivity contribution in [2.24, 2.45) is 7.05 Å². The summed E-state index contributed by atoms with van der Waals surface area (Å²) in [6.45, 7) is 0.400. The summed E-state index contributed by atoms with van der Waals surface area (Å²) >= 11 is 0. The number of benzene rings is 2. The molecule has 0 N–H and O–H groups in total. The summed E-state index contributed by atoms with van der Waals surface area (Å²) in [6.07, 6.45) is -0.145. The summed E-state index contributed by atoms with van der Waals surface area (Å²) in [7, 11) is 4.68. The van der Waals surface area contributed by atoms with Crippen molar-refractivity contribution in [3.05, 3.63) is 72.3 Å². The van der Waals surface area contributed by atoms with Crippen molar-refractivity contribution in [3.63, 3.8) is 0 Å². The third-order valence-corrected chi connectivity index (χ3v) is 5.74. The molecule has 0 fully saturated rings. The van der Waals surface area contributed by atoms with E-state index in [9.17, 15) is 13.2 Å². The predicted molar refractivity (Wildman–Crippen MR) is 127 cm³/mol. The summed E-state index contributed by atoms with van der Waals surface area (Å²) in [4.78, 5) is 13.0. The maximum atomic E-state index is 13.0. The van der Waals surface area contributed by atoms with Crippen LogP contribution >= 0.6 is 0 Å². The SMILES string of the molecule is COc1cccc(OC)c1-c1ncc2cnn(Cc3ccc(-c4nc(C(F)(F)F)cn4C)cc3)c2n1. The summed E-state index contributed by atoms with van der Waals surface area (Å²) in [5, 5.41) is 5.21. The molecule has 0 saturated heterocycles. The van der Waals surface area contributed by atoms with Crippen molar-refractivity contribution in [2.45, 2.75) is 12.7 Å². The number of aromatic nitrogens is 6. The second-order valence-corrected chi connectivity index (χ2v) is 8.07. The Labute approximate surface area is 204 Å². The van der Waals surface area contributed by atoms with Crippen molar-refractivity contribution in [2.75, 3.05) is 14.2 Å². The van der Waals surface area contributed by atoms with Crippen LogP contribution in [0, 0.1) is 0 Å². The smallest absolute Gasteiger partial charge is 0.434 e. The first-order valence-corrected chi connectivity index (χ1v) is 10.9. The number of nitrogens with zero attached hydrogens (tertiary/aromatic N) is 6. The van der Waals surface area contributed by atoms with Gasteiger partial charge in [0.15, 0.2) is 17.2 Å². The number of imidazole rings is 1. The molecule has 0 atom stereocenters. The van der Waals surface area contributed by atoms with E-state index in [0.717, 1.165) is 17.1 Å². The van der Waals surface area contributed by atoms with Crippen molar-refractivity contribution in [1.82, 2.24) is 29.3 Å². The molecule has 0 aliphatic heterocycles. The second-order valence-electron chi connectivity index (χ2n) is 8.07. The van der Waals surface area contributed by atoms with E-state index in [0.29, 0.717) is 40.6 Å². The third kappa shape index (κ3) is 4.23. The van der Waals surface area contributed by atoms with Crippen LogP contribution in [0.2, 0.25) is 0 Å². The molecule has 0 spiro atoms. The van der Waals surface area contributed by atoms with Crippen LogP contribution in [0.25, 0.3) is 33.8 Å². The Morgan fingerprint density at radius 2 is 1.61 bits per heavy atom. The first kappa shape index (κ1) is 23.3. The monoisotopic (exact) mass is 494 g/mol. The minimum absolute atomic E-state index is 0.238. The topological polar surface area (TPSA) is 79.9 Å². The van der Waals surface area contributed by atoms with Crippen molar-refractivity contribution >= 4 is 11.0 Å². The van der Waals surface area contributed by atoms with Crippen LogP contribution in [-0.4, -0.2) is 43.5 Å². The van der Waals surface area contributed by atoms with Gasteiger partial charge >= 0.3 is 6.18 Å². The number of ether oxygens (including phenoxy) is 2. The maximum Gasteiger partial charge on any atom is 0.434 e. The molecule has 184 valence electrons.